The van der Waals surface area contributed by atoms with E-state index in [2.05, 4.69) is 6.07 Å². The predicted octanol–water partition coefficient (Wildman–Crippen LogP) is 4.86. The molecule has 1 aromatic heterocycles. The summed E-state index contributed by atoms with van der Waals surface area (Å²) in [6.45, 7) is 1.40. The number of aromatic nitrogens is 1. The zero-order valence-electron chi connectivity index (χ0n) is 15.6. The summed E-state index contributed by atoms with van der Waals surface area (Å²) in [5.74, 6) is -0.0341. The summed E-state index contributed by atoms with van der Waals surface area (Å²) in [7, 11) is 1.43. The number of carbonyl (C=O) groups is 1. The minimum absolute atomic E-state index is 0.0537. The number of rotatable bonds is 4. The average Bonchev–Trinajstić information content (AvgIpc) is 3.16. The van der Waals surface area contributed by atoms with Crippen LogP contribution in [0.3, 0.4) is 0 Å². The van der Waals surface area contributed by atoms with Crippen molar-refractivity contribution >= 4 is 33.5 Å². The number of fused-ring (bicyclic) bond motifs is 1. The van der Waals surface area contributed by atoms with Gasteiger partial charge in [-0.05, 0) is 48.7 Å². The number of piperidine rings is 1. The molecule has 0 unspecified atom stereocenters. The summed E-state index contributed by atoms with van der Waals surface area (Å²) in [6.07, 6.45) is 5.16. The van der Waals surface area contributed by atoms with Crippen molar-refractivity contribution < 1.29 is 13.9 Å². The lowest BCUT2D eigenvalue weighted by Crippen LogP contribution is -2.38. The van der Waals surface area contributed by atoms with E-state index in [9.17, 15) is 9.18 Å². The normalized spacial score (nSPS) is 17.4. The van der Waals surface area contributed by atoms with Gasteiger partial charge < -0.3 is 9.64 Å². The largest absolute Gasteiger partial charge is 0.494 e. The number of halogens is 1. The van der Waals surface area contributed by atoms with E-state index in [1.165, 1.54) is 24.0 Å². The third kappa shape index (κ3) is 3.92. The fourth-order valence-corrected chi connectivity index (χ4v) is 4.60. The van der Waals surface area contributed by atoms with Crippen LogP contribution in [0, 0.1) is 5.82 Å². The lowest BCUT2D eigenvalue weighted by Gasteiger charge is -2.31. The lowest BCUT2D eigenvalue weighted by atomic mass is 9.98. The Morgan fingerprint density at radius 2 is 2.18 bits per heavy atom. The van der Waals surface area contributed by atoms with Crippen molar-refractivity contribution in [2.75, 3.05) is 20.2 Å². The van der Waals surface area contributed by atoms with Gasteiger partial charge in [0.25, 0.3) is 0 Å². The summed E-state index contributed by atoms with van der Waals surface area (Å²) in [6, 6.07) is 12.8. The standard InChI is InChI=1S/C22H21FN2O2S/c1-27-19-10-8-15(13-17(19)23)9-11-21(26)25-12-4-5-16(14-25)22-24-18-6-2-3-7-20(18)28-22/h2-3,6-11,13,16H,4-5,12,14H2,1H3/b11-9+/t16-/m0/s1. The Morgan fingerprint density at radius 3 is 2.96 bits per heavy atom. The van der Waals surface area contributed by atoms with Crippen LogP contribution >= 0.6 is 11.3 Å². The number of nitrogens with zero attached hydrogens (tertiary/aromatic N) is 2. The molecule has 144 valence electrons. The van der Waals surface area contributed by atoms with E-state index >= 15 is 0 Å². The molecule has 3 aromatic rings. The minimum atomic E-state index is -0.439. The van der Waals surface area contributed by atoms with Gasteiger partial charge in [0, 0.05) is 25.1 Å². The highest BCUT2D eigenvalue weighted by Crippen LogP contribution is 2.33. The number of amides is 1. The molecule has 1 aliphatic rings. The third-order valence-corrected chi connectivity index (χ3v) is 6.19. The van der Waals surface area contributed by atoms with E-state index in [1.807, 2.05) is 23.1 Å². The zero-order chi connectivity index (χ0) is 19.5. The Labute approximate surface area is 167 Å². The molecular formula is C22H21FN2O2S. The number of ether oxygens (including phenoxy) is 1. The fourth-order valence-electron chi connectivity index (χ4n) is 3.50. The lowest BCUT2D eigenvalue weighted by molar-refractivity contribution is -0.127. The van der Waals surface area contributed by atoms with Gasteiger partial charge in [0.15, 0.2) is 11.6 Å². The highest BCUT2D eigenvalue weighted by molar-refractivity contribution is 7.18. The molecule has 1 amide bonds. The van der Waals surface area contributed by atoms with Crippen molar-refractivity contribution in [3.8, 4) is 5.75 Å². The number of carbonyl (C=O) groups excluding carboxylic acids is 1. The molecule has 0 aliphatic carbocycles. The maximum atomic E-state index is 13.8. The monoisotopic (exact) mass is 396 g/mol. The molecular weight excluding hydrogens is 375 g/mol. The summed E-state index contributed by atoms with van der Waals surface area (Å²) < 4.78 is 19.9. The summed E-state index contributed by atoms with van der Waals surface area (Å²) in [5.41, 5.74) is 1.65. The first kappa shape index (κ1) is 18.6. The summed E-state index contributed by atoms with van der Waals surface area (Å²) >= 11 is 1.71. The molecule has 1 aliphatic heterocycles. The predicted molar refractivity (Wildman–Crippen MR) is 110 cm³/mol. The van der Waals surface area contributed by atoms with Crippen LogP contribution in [0.15, 0.2) is 48.5 Å². The van der Waals surface area contributed by atoms with E-state index in [4.69, 9.17) is 9.72 Å². The first-order valence-electron chi connectivity index (χ1n) is 9.30. The fraction of sp³-hybridized carbons (Fsp3) is 0.273. The Balaban J connectivity index is 1.45. The molecule has 4 rings (SSSR count). The van der Waals surface area contributed by atoms with E-state index in [-0.39, 0.29) is 17.6 Å². The topological polar surface area (TPSA) is 42.4 Å². The molecule has 6 heteroatoms. The summed E-state index contributed by atoms with van der Waals surface area (Å²) in [5, 5.41) is 1.10. The number of likely N-dealkylation sites (tertiary alicyclic amines) is 1. The van der Waals surface area contributed by atoms with E-state index in [0.717, 1.165) is 29.9 Å². The van der Waals surface area contributed by atoms with Gasteiger partial charge in [-0.1, -0.05) is 18.2 Å². The van der Waals surface area contributed by atoms with Crippen LogP contribution in [0.2, 0.25) is 0 Å². The molecule has 1 atom stereocenters. The molecule has 4 nitrogen and oxygen atoms in total. The molecule has 0 radical (unpaired) electrons. The van der Waals surface area contributed by atoms with Crippen molar-refractivity contribution in [2.45, 2.75) is 18.8 Å². The molecule has 2 heterocycles. The van der Waals surface area contributed by atoms with Crippen molar-refractivity contribution in [1.29, 1.82) is 0 Å². The first-order valence-corrected chi connectivity index (χ1v) is 10.1. The second kappa shape index (κ2) is 8.10. The van der Waals surface area contributed by atoms with Crippen LogP contribution in [0.1, 0.15) is 29.3 Å². The second-order valence-corrected chi connectivity index (χ2v) is 7.93. The van der Waals surface area contributed by atoms with Gasteiger partial charge in [0.1, 0.15) is 0 Å². The van der Waals surface area contributed by atoms with Gasteiger partial charge >= 0.3 is 0 Å². The second-order valence-electron chi connectivity index (χ2n) is 6.87. The minimum Gasteiger partial charge on any atom is -0.494 e. The van der Waals surface area contributed by atoms with Gasteiger partial charge in [0.2, 0.25) is 5.91 Å². The number of hydrogen-bond donors (Lipinski definition) is 0. The quantitative estimate of drug-likeness (QED) is 0.591. The van der Waals surface area contributed by atoms with Crippen LogP contribution in [-0.4, -0.2) is 36.0 Å². The summed E-state index contributed by atoms with van der Waals surface area (Å²) in [4.78, 5) is 19.2. The van der Waals surface area contributed by atoms with Gasteiger partial charge in [-0.2, -0.15) is 0 Å². The maximum Gasteiger partial charge on any atom is 0.246 e. The van der Waals surface area contributed by atoms with E-state index < -0.39 is 5.82 Å². The molecule has 0 bridgehead atoms. The highest BCUT2D eigenvalue weighted by atomic mass is 32.1. The Kier molecular flexibility index (Phi) is 5.39. The number of thiazole rings is 1. The number of hydrogen-bond acceptors (Lipinski definition) is 4. The first-order chi connectivity index (χ1) is 13.6. The molecule has 0 spiro atoms. The molecule has 1 fully saturated rings. The number of para-hydroxylation sites is 1. The van der Waals surface area contributed by atoms with Gasteiger partial charge in [-0.25, -0.2) is 9.37 Å². The van der Waals surface area contributed by atoms with Crippen molar-refractivity contribution in [2.24, 2.45) is 0 Å². The van der Waals surface area contributed by atoms with E-state index in [0.29, 0.717) is 12.1 Å². The molecule has 0 N–H and O–H groups in total. The molecule has 2 aromatic carbocycles. The molecule has 0 saturated carbocycles. The van der Waals surface area contributed by atoms with Gasteiger partial charge in [-0.3, -0.25) is 4.79 Å². The Morgan fingerprint density at radius 1 is 1.32 bits per heavy atom. The van der Waals surface area contributed by atoms with Crippen molar-refractivity contribution in [1.82, 2.24) is 9.88 Å². The van der Waals surface area contributed by atoms with Crippen LogP contribution < -0.4 is 4.74 Å². The number of benzene rings is 2. The van der Waals surface area contributed by atoms with Crippen molar-refractivity contribution in [3.63, 3.8) is 0 Å². The van der Waals surface area contributed by atoms with Crippen LogP contribution in [0.4, 0.5) is 4.39 Å². The van der Waals surface area contributed by atoms with Crippen LogP contribution in [0.5, 0.6) is 5.75 Å². The van der Waals surface area contributed by atoms with Crippen molar-refractivity contribution in [3.05, 3.63) is 64.9 Å². The van der Waals surface area contributed by atoms with Gasteiger partial charge in [-0.15, -0.1) is 11.3 Å². The third-order valence-electron chi connectivity index (χ3n) is 4.99. The van der Waals surface area contributed by atoms with E-state index in [1.54, 1.807) is 29.5 Å². The maximum absolute atomic E-state index is 13.8. The Hall–Kier alpha value is -2.73. The highest BCUT2D eigenvalue weighted by Gasteiger charge is 2.26. The molecule has 1 saturated heterocycles. The van der Waals surface area contributed by atoms with Gasteiger partial charge in [0.05, 0.1) is 22.3 Å². The molecule has 28 heavy (non-hydrogen) atoms. The van der Waals surface area contributed by atoms with Crippen LogP contribution in [0.25, 0.3) is 16.3 Å². The zero-order valence-corrected chi connectivity index (χ0v) is 16.4. The van der Waals surface area contributed by atoms with Crippen LogP contribution in [-0.2, 0) is 4.79 Å². The number of methoxy groups -OCH3 is 1. The Bertz CT molecular complexity index is 997. The SMILES string of the molecule is COc1ccc(/C=C/C(=O)N2CCC[C@H](c3nc4ccccc4s3)C2)cc1F. The smallest absolute Gasteiger partial charge is 0.246 e. The average molecular weight is 396 g/mol.